The zero-order chi connectivity index (χ0) is 24.6. The molecule has 0 aromatic heterocycles. The number of benzene rings is 1. The molecule has 1 aliphatic rings. The number of ether oxygens (including phenoxy) is 1. The van der Waals surface area contributed by atoms with Gasteiger partial charge in [-0.3, -0.25) is 4.79 Å². The molecule has 0 saturated carbocycles. The van der Waals surface area contributed by atoms with Gasteiger partial charge in [0.25, 0.3) is 0 Å². The number of amides is 1. The molecule has 0 atom stereocenters. The molecule has 0 radical (unpaired) electrons. The number of nitrogens with one attached hydrogen (secondary N) is 1. The minimum Gasteiger partial charge on any atom is -0.508 e. The monoisotopic (exact) mass is 450 g/mol. The van der Waals surface area contributed by atoms with Crippen LogP contribution in [0.3, 0.4) is 0 Å². The predicted octanol–water partition coefficient (Wildman–Crippen LogP) is 5.93. The van der Waals surface area contributed by atoms with Crippen molar-refractivity contribution in [1.29, 1.82) is 0 Å². The first-order valence-electron chi connectivity index (χ1n) is 11.5. The third-order valence-corrected chi connectivity index (χ3v) is 4.79. The zero-order valence-electron chi connectivity index (χ0n) is 20.2. The molecule has 178 valence electrons. The topological polar surface area (TPSA) is 84.6 Å². The van der Waals surface area contributed by atoms with E-state index in [1.54, 1.807) is 0 Å². The van der Waals surface area contributed by atoms with Crippen LogP contribution < -0.4 is 11.1 Å². The maximum atomic E-state index is 11.3. The van der Waals surface area contributed by atoms with Gasteiger partial charge < -0.3 is 20.9 Å². The number of nitrogens with two attached hydrogens (primary N) is 1. The second kappa shape index (κ2) is 15.4. The van der Waals surface area contributed by atoms with Crippen LogP contribution in [-0.2, 0) is 22.5 Å². The number of carbonyl (C=O) groups is 1. The minimum atomic E-state index is -0.192. The summed E-state index contributed by atoms with van der Waals surface area (Å²) in [7, 11) is 0. The van der Waals surface area contributed by atoms with Gasteiger partial charge >= 0.3 is 0 Å². The van der Waals surface area contributed by atoms with Crippen LogP contribution in [0.15, 0.2) is 96.2 Å². The summed E-state index contributed by atoms with van der Waals surface area (Å²) in [5.41, 5.74) is 10.1. The standard InChI is InChI=1S/C26H32N2O3.C2H6/c1-4-8-22(23-9-6-7-10-24(23)29)17-25(19(3)27)31-16-15-20-11-13-21(14-12-20)18-28-26(30)5-2;1-2/h5,8-14,17,29H,2-4,6-7,15-16,18,27H2,1H3,(H,28,30);1-2H3/b22-8-,25-17+;. The molecule has 1 aromatic rings. The van der Waals surface area contributed by atoms with Gasteiger partial charge in [-0.15, -0.1) is 0 Å². The Labute approximate surface area is 198 Å². The first kappa shape index (κ1) is 27.6. The van der Waals surface area contributed by atoms with Crippen molar-refractivity contribution in [3.8, 4) is 0 Å². The third kappa shape index (κ3) is 9.69. The Morgan fingerprint density at radius 2 is 1.82 bits per heavy atom. The van der Waals surface area contributed by atoms with Gasteiger partial charge in [-0.25, -0.2) is 0 Å². The molecular weight excluding hydrogens is 412 g/mol. The van der Waals surface area contributed by atoms with E-state index >= 15 is 0 Å². The fourth-order valence-electron chi connectivity index (χ4n) is 3.13. The average molecular weight is 451 g/mol. The van der Waals surface area contributed by atoms with Gasteiger partial charge in [0.05, 0.1) is 12.3 Å². The number of allylic oxidation sites excluding steroid dienone is 5. The summed E-state index contributed by atoms with van der Waals surface area (Å²) in [6, 6.07) is 7.98. The zero-order valence-corrected chi connectivity index (χ0v) is 20.2. The summed E-state index contributed by atoms with van der Waals surface area (Å²) in [5.74, 6) is 0.597. The van der Waals surface area contributed by atoms with Crippen molar-refractivity contribution in [2.75, 3.05) is 6.61 Å². The largest absolute Gasteiger partial charge is 0.508 e. The lowest BCUT2D eigenvalue weighted by atomic mass is 9.96. The van der Waals surface area contributed by atoms with E-state index in [-0.39, 0.29) is 11.7 Å². The Bertz CT molecular complexity index is 919. The smallest absolute Gasteiger partial charge is 0.243 e. The summed E-state index contributed by atoms with van der Waals surface area (Å²) in [4.78, 5) is 11.3. The molecule has 1 amide bonds. The van der Waals surface area contributed by atoms with Gasteiger partial charge in [0.1, 0.15) is 11.5 Å². The fraction of sp³-hybridized carbons (Fsp3) is 0.321. The lowest BCUT2D eigenvalue weighted by Crippen LogP contribution is -2.19. The molecule has 5 heteroatoms. The molecule has 4 N–H and O–H groups in total. The first-order valence-corrected chi connectivity index (χ1v) is 11.5. The number of carbonyl (C=O) groups excluding carboxylic acids is 1. The van der Waals surface area contributed by atoms with Crippen LogP contribution in [0.4, 0.5) is 0 Å². The summed E-state index contributed by atoms with van der Waals surface area (Å²) in [5, 5.41) is 13.0. The van der Waals surface area contributed by atoms with Crippen molar-refractivity contribution < 1.29 is 14.6 Å². The number of aliphatic hydroxyl groups is 1. The Kier molecular flexibility index (Phi) is 12.8. The van der Waals surface area contributed by atoms with E-state index in [0.717, 1.165) is 41.5 Å². The Morgan fingerprint density at radius 1 is 1.18 bits per heavy atom. The third-order valence-electron chi connectivity index (χ3n) is 4.79. The van der Waals surface area contributed by atoms with E-state index in [4.69, 9.17) is 10.5 Å². The minimum absolute atomic E-state index is 0.192. The van der Waals surface area contributed by atoms with Crippen LogP contribution >= 0.6 is 0 Å². The van der Waals surface area contributed by atoms with E-state index in [1.807, 2.05) is 69.3 Å². The summed E-state index contributed by atoms with van der Waals surface area (Å²) < 4.78 is 5.93. The molecule has 0 saturated heterocycles. The lowest BCUT2D eigenvalue weighted by Gasteiger charge is -2.15. The van der Waals surface area contributed by atoms with Crippen LogP contribution in [0.2, 0.25) is 0 Å². The highest BCUT2D eigenvalue weighted by atomic mass is 16.5. The Morgan fingerprint density at radius 3 is 2.39 bits per heavy atom. The molecule has 0 unspecified atom stereocenters. The van der Waals surface area contributed by atoms with Crippen molar-refractivity contribution >= 4 is 5.91 Å². The highest BCUT2D eigenvalue weighted by Gasteiger charge is 2.13. The second-order valence-electron chi connectivity index (χ2n) is 7.22. The normalized spacial score (nSPS) is 13.7. The summed E-state index contributed by atoms with van der Waals surface area (Å²) >= 11 is 0. The SMILES string of the molecule is C=CC(=O)NCc1ccc(CCO/C(=C/C(=C/CC)C2=CCCC=C2O)C(=C)N)cc1.CC. The quantitative estimate of drug-likeness (QED) is 0.222. The van der Waals surface area contributed by atoms with Gasteiger partial charge in [0.2, 0.25) is 5.91 Å². The highest BCUT2D eigenvalue weighted by molar-refractivity contribution is 5.86. The van der Waals surface area contributed by atoms with Crippen LogP contribution in [0, 0.1) is 0 Å². The highest BCUT2D eigenvalue weighted by Crippen LogP contribution is 2.26. The number of hydrogen-bond donors (Lipinski definition) is 3. The molecule has 33 heavy (non-hydrogen) atoms. The van der Waals surface area contributed by atoms with E-state index in [9.17, 15) is 9.90 Å². The van der Waals surface area contributed by atoms with E-state index in [0.29, 0.717) is 31.0 Å². The van der Waals surface area contributed by atoms with Gasteiger partial charge in [0, 0.05) is 18.5 Å². The number of rotatable bonds is 11. The van der Waals surface area contributed by atoms with E-state index < -0.39 is 0 Å². The Hall–Kier alpha value is -3.47. The average Bonchev–Trinajstić information content (AvgIpc) is 2.83. The van der Waals surface area contributed by atoms with Gasteiger partial charge in [0.15, 0.2) is 0 Å². The van der Waals surface area contributed by atoms with Crippen LogP contribution in [0.5, 0.6) is 0 Å². The molecule has 2 rings (SSSR count). The van der Waals surface area contributed by atoms with Crippen LogP contribution in [0.1, 0.15) is 51.2 Å². The second-order valence-corrected chi connectivity index (χ2v) is 7.22. The van der Waals surface area contributed by atoms with Crippen molar-refractivity contribution in [3.05, 3.63) is 107 Å². The summed E-state index contributed by atoms with van der Waals surface area (Å²) in [6.45, 7) is 14.2. The van der Waals surface area contributed by atoms with Crippen molar-refractivity contribution in [2.24, 2.45) is 5.73 Å². The summed E-state index contributed by atoms with van der Waals surface area (Å²) in [6.07, 6.45) is 12.2. The first-order chi connectivity index (χ1) is 15.9. The maximum absolute atomic E-state index is 11.3. The molecular formula is C28H38N2O3. The van der Waals surface area contributed by atoms with Crippen molar-refractivity contribution in [3.63, 3.8) is 0 Å². The van der Waals surface area contributed by atoms with E-state index in [2.05, 4.69) is 18.5 Å². The van der Waals surface area contributed by atoms with Gasteiger partial charge in [-0.05, 0) is 54.2 Å². The Balaban J connectivity index is 0.00000265. The molecule has 5 nitrogen and oxygen atoms in total. The number of aliphatic hydroxyl groups excluding tert-OH is 1. The van der Waals surface area contributed by atoms with E-state index in [1.165, 1.54) is 6.08 Å². The fourth-order valence-corrected chi connectivity index (χ4v) is 3.13. The van der Waals surface area contributed by atoms with Crippen molar-refractivity contribution in [1.82, 2.24) is 5.32 Å². The van der Waals surface area contributed by atoms with Crippen molar-refractivity contribution in [2.45, 2.75) is 53.0 Å². The molecule has 0 bridgehead atoms. The van der Waals surface area contributed by atoms with Crippen LogP contribution in [0.25, 0.3) is 0 Å². The molecule has 0 heterocycles. The maximum Gasteiger partial charge on any atom is 0.243 e. The van der Waals surface area contributed by atoms with Crippen LogP contribution in [-0.4, -0.2) is 17.6 Å². The molecule has 0 spiro atoms. The lowest BCUT2D eigenvalue weighted by molar-refractivity contribution is -0.116. The number of hydrogen-bond acceptors (Lipinski definition) is 4. The molecule has 0 aliphatic heterocycles. The van der Waals surface area contributed by atoms with Gasteiger partial charge in [-0.2, -0.15) is 0 Å². The predicted molar refractivity (Wildman–Crippen MR) is 137 cm³/mol. The van der Waals surface area contributed by atoms with Gasteiger partial charge in [-0.1, -0.05) is 70.3 Å². The molecule has 1 aliphatic carbocycles. The molecule has 0 fully saturated rings. The molecule has 1 aromatic carbocycles.